The van der Waals surface area contributed by atoms with E-state index in [4.69, 9.17) is 4.74 Å². The van der Waals surface area contributed by atoms with E-state index in [9.17, 15) is 0 Å². The summed E-state index contributed by atoms with van der Waals surface area (Å²) in [6.45, 7) is 4.71. The van der Waals surface area contributed by atoms with E-state index in [1.165, 1.54) is 5.56 Å². The summed E-state index contributed by atoms with van der Waals surface area (Å²) < 4.78 is 5.37. The number of aromatic nitrogens is 1. The Morgan fingerprint density at radius 2 is 2.29 bits per heavy atom. The molecule has 4 heteroatoms. The fourth-order valence-electron chi connectivity index (χ4n) is 1.55. The van der Waals surface area contributed by atoms with Crippen LogP contribution >= 0.6 is 11.3 Å². The minimum atomic E-state index is 0.255. The first-order valence-electron chi connectivity index (χ1n) is 5.68. The van der Waals surface area contributed by atoms with Crippen LogP contribution in [0.4, 0.5) is 5.82 Å². The Balaban J connectivity index is 2.05. The molecule has 17 heavy (non-hydrogen) atoms. The topological polar surface area (TPSA) is 34.1 Å². The lowest BCUT2D eigenvalue weighted by molar-refractivity contribution is 0.327. The maximum absolute atomic E-state index is 5.37. The van der Waals surface area contributed by atoms with E-state index in [2.05, 4.69) is 34.1 Å². The van der Waals surface area contributed by atoms with E-state index in [0.29, 0.717) is 12.5 Å². The van der Waals surface area contributed by atoms with Crippen LogP contribution in [0.25, 0.3) is 0 Å². The smallest absolute Gasteiger partial charge is 0.215 e. The van der Waals surface area contributed by atoms with E-state index in [1.54, 1.807) is 11.3 Å². The van der Waals surface area contributed by atoms with Crippen molar-refractivity contribution in [3.63, 3.8) is 0 Å². The quantitative estimate of drug-likeness (QED) is 0.875. The summed E-state index contributed by atoms with van der Waals surface area (Å²) in [5.74, 6) is 1.50. The molecule has 2 aromatic heterocycles. The van der Waals surface area contributed by atoms with Crippen molar-refractivity contribution >= 4 is 17.2 Å². The molecule has 0 aliphatic heterocycles. The minimum absolute atomic E-state index is 0.255. The summed E-state index contributed by atoms with van der Waals surface area (Å²) in [7, 11) is 0. The van der Waals surface area contributed by atoms with Crippen molar-refractivity contribution in [2.24, 2.45) is 0 Å². The van der Waals surface area contributed by atoms with Crippen LogP contribution in [0.3, 0.4) is 0 Å². The van der Waals surface area contributed by atoms with Crippen LogP contribution in [-0.2, 0) is 0 Å². The van der Waals surface area contributed by atoms with Crippen LogP contribution < -0.4 is 10.1 Å². The maximum Gasteiger partial charge on any atom is 0.215 e. The van der Waals surface area contributed by atoms with Crippen molar-refractivity contribution in [3.05, 3.63) is 40.6 Å². The van der Waals surface area contributed by atoms with Crippen molar-refractivity contribution in [3.8, 4) is 5.88 Å². The molecule has 1 N–H and O–H groups in total. The highest BCUT2D eigenvalue weighted by Gasteiger charge is 2.06. The molecule has 1 atom stereocenters. The third-order valence-electron chi connectivity index (χ3n) is 2.42. The Morgan fingerprint density at radius 3 is 3.00 bits per heavy atom. The molecule has 0 aliphatic rings. The standard InChI is InChI=1S/C13H16N2OS/c1-3-16-13-6-4-5-12(15-13)14-10(2)11-7-8-17-9-11/h4-10H,3H2,1-2H3,(H,14,15). The molecule has 0 spiro atoms. The first-order chi connectivity index (χ1) is 8.29. The average Bonchev–Trinajstić information content (AvgIpc) is 2.83. The van der Waals surface area contributed by atoms with Crippen molar-refractivity contribution in [1.29, 1.82) is 0 Å². The van der Waals surface area contributed by atoms with E-state index in [-0.39, 0.29) is 6.04 Å². The monoisotopic (exact) mass is 248 g/mol. The van der Waals surface area contributed by atoms with Crippen molar-refractivity contribution in [2.75, 3.05) is 11.9 Å². The molecule has 0 bridgehead atoms. The van der Waals surface area contributed by atoms with Crippen molar-refractivity contribution < 1.29 is 4.74 Å². The molecule has 2 rings (SSSR count). The summed E-state index contributed by atoms with van der Waals surface area (Å²) in [6, 6.07) is 8.13. The van der Waals surface area contributed by atoms with Crippen molar-refractivity contribution in [2.45, 2.75) is 19.9 Å². The Kier molecular flexibility index (Phi) is 3.98. The number of ether oxygens (including phenoxy) is 1. The third-order valence-corrected chi connectivity index (χ3v) is 3.12. The van der Waals surface area contributed by atoms with Gasteiger partial charge in [0.25, 0.3) is 0 Å². The Hall–Kier alpha value is -1.55. The van der Waals surface area contributed by atoms with Gasteiger partial charge in [-0.2, -0.15) is 16.3 Å². The molecule has 1 unspecified atom stereocenters. The number of anilines is 1. The largest absolute Gasteiger partial charge is 0.478 e. The zero-order valence-electron chi connectivity index (χ0n) is 10.0. The number of nitrogens with zero attached hydrogens (tertiary/aromatic N) is 1. The van der Waals surface area contributed by atoms with Crippen LogP contribution in [0.2, 0.25) is 0 Å². The second-order valence-corrected chi connectivity index (χ2v) is 4.50. The molecule has 2 aromatic rings. The van der Waals surface area contributed by atoms with Gasteiger partial charge in [0, 0.05) is 6.07 Å². The molecule has 0 amide bonds. The lowest BCUT2D eigenvalue weighted by Gasteiger charge is -2.13. The molecule has 0 fully saturated rings. The number of hydrogen-bond acceptors (Lipinski definition) is 4. The highest BCUT2D eigenvalue weighted by Crippen LogP contribution is 2.21. The lowest BCUT2D eigenvalue weighted by Crippen LogP contribution is -2.07. The number of pyridine rings is 1. The maximum atomic E-state index is 5.37. The zero-order valence-corrected chi connectivity index (χ0v) is 10.8. The Morgan fingerprint density at radius 1 is 1.41 bits per heavy atom. The molecule has 2 heterocycles. The molecule has 0 aliphatic carbocycles. The van der Waals surface area contributed by atoms with Gasteiger partial charge in [-0.1, -0.05) is 6.07 Å². The van der Waals surface area contributed by atoms with Gasteiger partial charge in [0.05, 0.1) is 12.6 Å². The third kappa shape index (κ3) is 3.20. The summed E-state index contributed by atoms with van der Waals surface area (Å²) >= 11 is 1.70. The molecular formula is C13H16N2OS. The molecule has 0 aromatic carbocycles. The number of thiophene rings is 1. The highest BCUT2D eigenvalue weighted by molar-refractivity contribution is 7.07. The Bertz CT molecular complexity index is 456. The summed E-state index contributed by atoms with van der Waals surface area (Å²) in [4.78, 5) is 4.38. The predicted molar refractivity (Wildman–Crippen MR) is 71.8 cm³/mol. The van der Waals surface area contributed by atoms with Gasteiger partial charge in [-0.05, 0) is 42.3 Å². The molecule has 0 saturated heterocycles. The van der Waals surface area contributed by atoms with Gasteiger partial charge in [0.1, 0.15) is 5.82 Å². The second-order valence-electron chi connectivity index (χ2n) is 3.72. The summed E-state index contributed by atoms with van der Waals surface area (Å²) in [5.41, 5.74) is 1.28. The van der Waals surface area contributed by atoms with Gasteiger partial charge < -0.3 is 10.1 Å². The zero-order chi connectivity index (χ0) is 12.1. The average molecular weight is 248 g/mol. The number of hydrogen-bond donors (Lipinski definition) is 1. The normalized spacial score (nSPS) is 12.1. The van der Waals surface area contributed by atoms with Crippen LogP contribution in [-0.4, -0.2) is 11.6 Å². The first kappa shape index (κ1) is 11.9. The Labute approximate surface area is 105 Å². The van der Waals surface area contributed by atoms with Crippen molar-refractivity contribution in [1.82, 2.24) is 4.98 Å². The van der Waals surface area contributed by atoms with E-state index in [1.807, 2.05) is 25.1 Å². The van der Waals surface area contributed by atoms with Gasteiger partial charge in [-0.25, -0.2) is 0 Å². The molecule has 90 valence electrons. The number of nitrogens with one attached hydrogen (secondary N) is 1. The summed E-state index contributed by atoms with van der Waals surface area (Å²) in [5, 5.41) is 7.58. The molecule has 3 nitrogen and oxygen atoms in total. The minimum Gasteiger partial charge on any atom is -0.478 e. The van der Waals surface area contributed by atoms with Crippen LogP contribution in [0.15, 0.2) is 35.0 Å². The van der Waals surface area contributed by atoms with E-state index in [0.717, 1.165) is 5.82 Å². The van der Waals surface area contributed by atoms with Crippen LogP contribution in [0.1, 0.15) is 25.5 Å². The molecular weight excluding hydrogens is 232 g/mol. The van der Waals surface area contributed by atoms with Gasteiger partial charge in [-0.15, -0.1) is 0 Å². The fourth-order valence-corrected chi connectivity index (χ4v) is 2.30. The van der Waals surface area contributed by atoms with Gasteiger partial charge in [0.2, 0.25) is 5.88 Å². The summed E-state index contributed by atoms with van der Waals surface area (Å²) in [6.07, 6.45) is 0. The fraction of sp³-hybridized carbons (Fsp3) is 0.308. The SMILES string of the molecule is CCOc1cccc(NC(C)c2ccsc2)n1. The second kappa shape index (κ2) is 5.68. The van der Waals surface area contributed by atoms with Gasteiger partial charge >= 0.3 is 0 Å². The van der Waals surface area contributed by atoms with Gasteiger partial charge in [0.15, 0.2) is 0 Å². The lowest BCUT2D eigenvalue weighted by atomic mass is 10.2. The van der Waals surface area contributed by atoms with Gasteiger partial charge in [-0.3, -0.25) is 0 Å². The number of rotatable bonds is 5. The predicted octanol–water partition coefficient (Wildman–Crippen LogP) is 3.71. The molecule has 0 radical (unpaired) electrons. The molecule has 0 saturated carbocycles. The first-order valence-corrected chi connectivity index (χ1v) is 6.62. The highest BCUT2D eigenvalue weighted by atomic mass is 32.1. The van der Waals surface area contributed by atoms with Crippen LogP contribution in [0, 0.1) is 0 Å². The van der Waals surface area contributed by atoms with E-state index >= 15 is 0 Å². The van der Waals surface area contributed by atoms with Crippen LogP contribution in [0.5, 0.6) is 5.88 Å². The van der Waals surface area contributed by atoms with E-state index < -0.39 is 0 Å².